The molecule has 416 valence electrons. The fourth-order valence-electron chi connectivity index (χ4n) is 8.53. The predicted molar refractivity (Wildman–Crippen MR) is 247 cm³/mol. The third-order valence-electron chi connectivity index (χ3n) is 12.6. The van der Waals surface area contributed by atoms with E-state index in [1.165, 1.54) is 60.7 Å². The monoisotopic (exact) mass is 1080 g/mol. The van der Waals surface area contributed by atoms with Crippen molar-refractivity contribution in [2.75, 3.05) is 33.0 Å². The molecule has 27 nitrogen and oxygen atoms in total. The Balaban J connectivity index is 1.35. The predicted octanol–water partition coefficient (Wildman–Crippen LogP) is -4.24. The van der Waals surface area contributed by atoms with Gasteiger partial charge in [0.1, 0.15) is 91.7 Å². The zero-order valence-corrected chi connectivity index (χ0v) is 39.7. The van der Waals surface area contributed by atoms with Gasteiger partial charge in [0.25, 0.3) is 0 Å². The van der Waals surface area contributed by atoms with E-state index < -0.39 is 179 Å². The number of aliphatic hydroxyl groups is 11. The molecule has 0 aliphatic carbocycles. The first kappa shape index (κ1) is 57.9. The van der Waals surface area contributed by atoms with Crippen molar-refractivity contribution in [3.63, 3.8) is 0 Å². The van der Waals surface area contributed by atoms with E-state index in [0.717, 1.165) is 30.4 Å². The number of carbonyl (C=O) groups excluding carboxylic acids is 3. The quantitative estimate of drug-likeness (QED) is 0.0234. The molecule has 4 heterocycles. The van der Waals surface area contributed by atoms with E-state index in [2.05, 4.69) is 0 Å². The van der Waals surface area contributed by atoms with Gasteiger partial charge in [0.2, 0.25) is 5.79 Å². The fourth-order valence-corrected chi connectivity index (χ4v) is 8.53. The number of carbonyl (C=O) groups is 3. The summed E-state index contributed by atoms with van der Waals surface area (Å²) in [5, 5.41) is 149. The fraction of sp³-hybridized carbons (Fsp3) is 0.490. The number of hydrogen-bond donors (Lipinski definition) is 14. The average Bonchev–Trinajstić information content (AvgIpc) is 3.68. The maximum absolute atomic E-state index is 13.8. The minimum Gasteiger partial charge on any atom is -0.508 e. The van der Waals surface area contributed by atoms with E-state index in [1.807, 2.05) is 0 Å². The number of esters is 3. The molecule has 4 fully saturated rings. The zero-order chi connectivity index (χ0) is 55.0. The Morgan fingerprint density at radius 1 is 0.526 bits per heavy atom. The van der Waals surface area contributed by atoms with Gasteiger partial charge in [0.15, 0.2) is 42.6 Å². The van der Waals surface area contributed by atoms with Crippen LogP contribution in [0.5, 0.6) is 17.2 Å². The third-order valence-corrected chi connectivity index (χ3v) is 12.6. The van der Waals surface area contributed by atoms with E-state index in [0.29, 0.717) is 5.56 Å². The number of aliphatic hydroxyl groups excluding tert-OH is 11. The van der Waals surface area contributed by atoms with Gasteiger partial charge in [-0.3, -0.25) is 0 Å². The summed E-state index contributed by atoms with van der Waals surface area (Å²) in [5.74, 6) is -7.59. The molecule has 0 radical (unpaired) electrons. The summed E-state index contributed by atoms with van der Waals surface area (Å²) >= 11 is 0. The molecule has 7 rings (SSSR count). The lowest BCUT2D eigenvalue weighted by Gasteiger charge is -2.50. The van der Waals surface area contributed by atoms with Gasteiger partial charge in [-0.15, -0.1) is 0 Å². The summed E-state index contributed by atoms with van der Waals surface area (Å²) in [6.45, 7) is -5.42. The molecule has 0 amide bonds. The van der Waals surface area contributed by atoms with Crippen LogP contribution in [0.1, 0.15) is 21.5 Å². The van der Waals surface area contributed by atoms with Crippen molar-refractivity contribution < 1.29 is 133 Å². The lowest BCUT2D eigenvalue weighted by atomic mass is 9.95. The molecule has 76 heavy (non-hydrogen) atoms. The standard InChI is InChI=1S/C49H58O27/c50-17-28-34(59)37(62)39(64)46(68-28)72-42-41(71-33(58)15-9-22-6-11-25(54)12-7-22)31(20-53)70-48(43(42)73-47-40(65)38(63)35(60)29(18-51)69-47)76-49(21-67-32(57)14-10-23-8-13-26(55)27(56)16-23)44(36(61)30(19-52)75-49)74-45(66)24-4-2-1-3-5-24/h1-16,28-31,34-44,46-48,50-56,59-65H,17-21H2. The second-order valence-electron chi connectivity index (χ2n) is 17.8. The molecule has 4 aliphatic rings. The molecule has 0 saturated carbocycles. The summed E-state index contributed by atoms with van der Waals surface area (Å²) in [5.41, 5.74) is 0.433. The van der Waals surface area contributed by atoms with E-state index in [1.54, 1.807) is 6.07 Å². The van der Waals surface area contributed by atoms with E-state index in [9.17, 15) is 85.9 Å². The van der Waals surface area contributed by atoms with E-state index >= 15 is 0 Å². The van der Waals surface area contributed by atoms with Crippen molar-refractivity contribution >= 4 is 30.1 Å². The first-order valence-corrected chi connectivity index (χ1v) is 23.4. The van der Waals surface area contributed by atoms with Crippen LogP contribution in [0.2, 0.25) is 0 Å². The molecule has 0 bridgehead atoms. The number of rotatable bonds is 19. The average molecular weight is 1080 g/mol. The van der Waals surface area contributed by atoms with Crippen LogP contribution in [0.4, 0.5) is 0 Å². The molecule has 0 spiro atoms. The van der Waals surface area contributed by atoms with Gasteiger partial charge >= 0.3 is 17.9 Å². The molecule has 4 saturated heterocycles. The number of hydrogen-bond acceptors (Lipinski definition) is 27. The van der Waals surface area contributed by atoms with Crippen LogP contribution in [-0.2, 0) is 57.0 Å². The Hall–Kier alpha value is -5.77. The molecule has 3 aromatic rings. The van der Waals surface area contributed by atoms with Crippen LogP contribution in [0.15, 0.2) is 84.9 Å². The smallest absolute Gasteiger partial charge is 0.338 e. The van der Waals surface area contributed by atoms with Crippen LogP contribution in [0, 0.1) is 0 Å². The van der Waals surface area contributed by atoms with E-state index in [-0.39, 0.29) is 16.9 Å². The number of aromatic hydroxyl groups is 3. The molecule has 19 atom stereocenters. The number of ether oxygens (including phenoxy) is 10. The Morgan fingerprint density at radius 3 is 1.64 bits per heavy atom. The van der Waals surface area contributed by atoms with Crippen LogP contribution < -0.4 is 0 Å². The van der Waals surface area contributed by atoms with Crippen LogP contribution >= 0.6 is 0 Å². The molecule has 27 heteroatoms. The molecule has 0 aromatic heterocycles. The molecule has 3 aromatic carbocycles. The lowest BCUT2D eigenvalue weighted by molar-refractivity contribution is -0.421. The highest BCUT2D eigenvalue weighted by Gasteiger charge is 2.64. The maximum Gasteiger partial charge on any atom is 0.338 e. The van der Waals surface area contributed by atoms with Crippen molar-refractivity contribution in [2.45, 2.75) is 116 Å². The van der Waals surface area contributed by atoms with Crippen molar-refractivity contribution in [1.82, 2.24) is 0 Å². The summed E-state index contributed by atoms with van der Waals surface area (Å²) in [6.07, 6.45) is -33.1. The van der Waals surface area contributed by atoms with Gasteiger partial charge in [0, 0.05) is 12.2 Å². The van der Waals surface area contributed by atoms with Crippen molar-refractivity contribution in [3.05, 3.63) is 102 Å². The maximum atomic E-state index is 13.8. The number of phenols is 3. The van der Waals surface area contributed by atoms with E-state index in [4.69, 9.17) is 47.4 Å². The Morgan fingerprint density at radius 2 is 1.07 bits per heavy atom. The molecular formula is C49H58O27. The minimum absolute atomic E-state index is 0.102. The first-order chi connectivity index (χ1) is 36.3. The van der Waals surface area contributed by atoms with Crippen molar-refractivity contribution in [2.24, 2.45) is 0 Å². The Kier molecular flexibility index (Phi) is 19.5. The van der Waals surface area contributed by atoms with Crippen molar-refractivity contribution in [1.29, 1.82) is 0 Å². The summed E-state index contributed by atoms with van der Waals surface area (Å²) in [6, 6.07) is 16.2. The van der Waals surface area contributed by atoms with Crippen molar-refractivity contribution in [3.8, 4) is 17.2 Å². The van der Waals surface area contributed by atoms with Crippen LogP contribution in [0.3, 0.4) is 0 Å². The van der Waals surface area contributed by atoms with Crippen LogP contribution in [-0.4, -0.2) is 239 Å². The van der Waals surface area contributed by atoms with Gasteiger partial charge in [-0.1, -0.05) is 36.4 Å². The highest BCUT2D eigenvalue weighted by molar-refractivity contribution is 5.90. The second kappa shape index (κ2) is 25.6. The minimum atomic E-state index is -2.90. The Bertz CT molecular complexity index is 2460. The SMILES string of the molecule is O=C(C=Cc1ccc(O)c(O)c1)OCC1(OC2OC(CO)C(OC(=O)C=Cc3ccc(O)cc3)C(OC3OC(CO)C(O)C(O)C3O)C2OC2OC(CO)C(O)C(O)C2O)OC(CO)C(O)C1OC(=O)c1ccccc1. The number of benzene rings is 3. The topological polar surface area (TPSA) is 427 Å². The summed E-state index contributed by atoms with van der Waals surface area (Å²) < 4.78 is 59.6. The summed E-state index contributed by atoms with van der Waals surface area (Å²) in [7, 11) is 0. The van der Waals surface area contributed by atoms with Gasteiger partial charge in [0.05, 0.1) is 32.0 Å². The molecule has 19 unspecified atom stereocenters. The molecule has 4 aliphatic heterocycles. The normalized spacial score (nSPS) is 35.8. The number of phenolic OH excluding ortho intramolecular Hbond substituents is 3. The highest BCUT2D eigenvalue weighted by Crippen LogP contribution is 2.42. The zero-order valence-electron chi connectivity index (χ0n) is 39.7. The molecular weight excluding hydrogens is 1020 g/mol. The van der Waals surface area contributed by atoms with Gasteiger partial charge in [-0.05, 0) is 59.7 Å². The third kappa shape index (κ3) is 13.1. The first-order valence-electron chi connectivity index (χ1n) is 23.4. The van der Waals surface area contributed by atoms with Gasteiger partial charge in [-0.2, -0.15) is 0 Å². The highest BCUT2D eigenvalue weighted by atomic mass is 16.8. The van der Waals surface area contributed by atoms with Gasteiger partial charge in [-0.25, -0.2) is 14.4 Å². The second-order valence-corrected chi connectivity index (χ2v) is 17.8. The van der Waals surface area contributed by atoms with Gasteiger partial charge < -0.3 is 119 Å². The molecule has 14 N–H and O–H groups in total. The van der Waals surface area contributed by atoms with Crippen LogP contribution in [0.25, 0.3) is 12.2 Å². The largest absolute Gasteiger partial charge is 0.508 e. The summed E-state index contributed by atoms with van der Waals surface area (Å²) in [4.78, 5) is 41.1. The lowest BCUT2D eigenvalue weighted by Crippen LogP contribution is -2.69. The Labute approximate surface area is 430 Å².